The van der Waals surface area contributed by atoms with E-state index in [1.165, 1.54) is 0 Å². The van der Waals surface area contributed by atoms with Crippen LogP contribution in [0, 0.1) is 11.8 Å². The summed E-state index contributed by atoms with van der Waals surface area (Å²) in [4.78, 5) is 22.3. The van der Waals surface area contributed by atoms with E-state index in [4.69, 9.17) is 9.84 Å². The number of aliphatic carboxylic acids is 1. The van der Waals surface area contributed by atoms with Crippen LogP contribution < -0.4 is 0 Å². The smallest absolute Gasteiger partial charge is 0.320 e. The molecular weight excluding hydrogens is 200 g/mol. The van der Waals surface area contributed by atoms with Gasteiger partial charge in [0, 0.05) is 5.92 Å². The maximum Gasteiger partial charge on any atom is 0.320 e. The molecule has 0 saturated heterocycles. The zero-order chi connectivity index (χ0) is 11.4. The van der Waals surface area contributed by atoms with Crippen molar-refractivity contribution in [2.75, 3.05) is 6.61 Å². The molecule has 0 aromatic rings. The third kappa shape index (κ3) is 2.68. The topological polar surface area (TPSA) is 83.8 Å². The summed E-state index contributed by atoms with van der Waals surface area (Å²) in [6.45, 7) is 1.79. The first kappa shape index (κ1) is 12.0. The molecule has 0 radical (unpaired) electrons. The third-order valence-corrected chi connectivity index (χ3v) is 2.77. The maximum atomic E-state index is 11.4. The van der Waals surface area contributed by atoms with Crippen molar-refractivity contribution in [1.82, 2.24) is 0 Å². The molecule has 1 aliphatic carbocycles. The Labute approximate surface area is 88.0 Å². The summed E-state index contributed by atoms with van der Waals surface area (Å²) in [6.07, 6.45) is 1.19. The third-order valence-electron chi connectivity index (χ3n) is 2.77. The van der Waals surface area contributed by atoms with Crippen LogP contribution in [0.3, 0.4) is 0 Å². The number of hydrogen-bond donors (Lipinski definition) is 2. The first-order chi connectivity index (χ1) is 7.07. The SMILES string of the molecule is CCOC(=O)C(C(=O)O)C1CCCC1O. The van der Waals surface area contributed by atoms with Gasteiger partial charge in [0.1, 0.15) is 0 Å². The summed E-state index contributed by atoms with van der Waals surface area (Å²) < 4.78 is 4.70. The Morgan fingerprint density at radius 3 is 2.53 bits per heavy atom. The van der Waals surface area contributed by atoms with Gasteiger partial charge < -0.3 is 14.9 Å². The van der Waals surface area contributed by atoms with Gasteiger partial charge in [-0.25, -0.2) is 0 Å². The normalized spacial score (nSPS) is 27.3. The Morgan fingerprint density at radius 1 is 1.47 bits per heavy atom. The van der Waals surface area contributed by atoms with Gasteiger partial charge in [-0.05, 0) is 19.8 Å². The zero-order valence-electron chi connectivity index (χ0n) is 8.68. The summed E-state index contributed by atoms with van der Waals surface area (Å²) in [6, 6.07) is 0. The lowest BCUT2D eigenvalue weighted by atomic mass is 9.89. The fraction of sp³-hybridized carbons (Fsp3) is 0.800. The molecule has 5 nitrogen and oxygen atoms in total. The van der Waals surface area contributed by atoms with E-state index < -0.39 is 29.9 Å². The van der Waals surface area contributed by atoms with E-state index in [1.54, 1.807) is 6.92 Å². The van der Waals surface area contributed by atoms with E-state index >= 15 is 0 Å². The van der Waals surface area contributed by atoms with Crippen LogP contribution in [0.5, 0.6) is 0 Å². The van der Waals surface area contributed by atoms with Gasteiger partial charge in [0.15, 0.2) is 5.92 Å². The van der Waals surface area contributed by atoms with Crippen LogP contribution in [-0.2, 0) is 14.3 Å². The molecule has 0 aliphatic heterocycles. The highest BCUT2D eigenvalue weighted by Crippen LogP contribution is 2.32. The number of ether oxygens (including phenoxy) is 1. The molecule has 0 aromatic carbocycles. The van der Waals surface area contributed by atoms with E-state index in [2.05, 4.69) is 0 Å². The Bertz CT molecular complexity index is 250. The Morgan fingerprint density at radius 2 is 2.13 bits per heavy atom. The average Bonchev–Trinajstić information content (AvgIpc) is 2.52. The highest BCUT2D eigenvalue weighted by atomic mass is 16.5. The number of rotatable bonds is 4. The zero-order valence-corrected chi connectivity index (χ0v) is 8.68. The summed E-state index contributed by atoms with van der Waals surface area (Å²) in [5, 5.41) is 18.5. The molecule has 0 bridgehead atoms. The van der Waals surface area contributed by atoms with Crippen molar-refractivity contribution < 1.29 is 24.5 Å². The molecule has 86 valence electrons. The summed E-state index contributed by atoms with van der Waals surface area (Å²) in [7, 11) is 0. The standard InChI is InChI=1S/C10H16O5/c1-2-15-10(14)8(9(12)13)6-4-3-5-7(6)11/h6-8,11H,2-5H2,1H3,(H,12,13). The minimum Gasteiger partial charge on any atom is -0.481 e. The van der Waals surface area contributed by atoms with Gasteiger partial charge in [-0.1, -0.05) is 6.42 Å². The molecule has 0 aromatic heterocycles. The van der Waals surface area contributed by atoms with Crippen LogP contribution >= 0.6 is 0 Å². The van der Waals surface area contributed by atoms with Gasteiger partial charge in [-0.15, -0.1) is 0 Å². The quantitative estimate of drug-likeness (QED) is 0.525. The number of aliphatic hydroxyl groups is 1. The van der Waals surface area contributed by atoms with Crippen LogP contribution in [0.25, 0.3) is 0 Å². The number of hydrogen-bond acceptors (Lipinski definition) is 4. The molecule has 3 atom stereocenters. The molecule has 0 amide bonds. The molecular formula is C10H16O5. The van der Waals surface area contributed by atoms with Gasteiger partial charge in [-0.2, -0.15) is 0 Å². The largest absolute Gasteiger partial charge is 0.481 e. The first-order valence-electron chi connectivity index (χ1n) is 5.15. The summed E-state index contributed by atoms with van der Waals surface area (Å²) in [5.74, 6) is -3.67. The Kier molecular flexibility index (Phi) is 4.08. The predicted octanol–water partition coefficient (Wildman–Crippen LogP) is 0.411. The van der Waals surface area contributed by atoms with E-state index in [0.29, 0.717) is 12.8 Å². The number of esters is 1. The van der Waals surface area contributed by atoms with Gasteiger partial charge >= 0.3 is 11.9 Å². The Balaban J connectivity index is 2.73. The highest BCUT2D eigenvalue weighted by molar-refractivity contribution is 5.94. The van der Waals surface area contributed by atoms with Crippen molar-refractivity contribution >= 4 is 11.9 Å². The van der Waals surface area contributed by atoms with Crippen LogP contribution in [-0.4, -0.2) is 34.9 Å². The Hall–Kier alpha value is -1.10. The number of carboxylic acid groups (broad SMARTS) is 1. The van der Waals surface area contributed by atoms with Gasteiger partial charge in [0.25, 0.3) is 0 Å². The molecule has 1 rings (SSSR count). The minimum absolute atomic E-state index is 0.158. The monoisotopic (exact) mass is 216 g/mol. The van der Waals surface area contributed by atoms with Crippen molar-refractivity contribution in [3.05, 3.63) is 0 Å². The predicted molar refractivity (Wildman–Crippen MR) is 51.1 cm³/mol. The number of aliphatic hydroxyl groups excluding tert-OH is 1. The van der Waals surface area contributed by atoms with Crippen molar-refractivity contribution in [2.45, 2.75) is 32.3 Å². The van der Waals surface area contributed by atoms with Crippen molar-refractivity contribution in [3.63, 3.8) is 0 Å². The number of carboxylic acids is 1. The highest BCUT2D eigenvalue weighted by Gasteiger charge is 2.42. The lowest BCUT2D eigenvalue weighted by Gasteiger charge is -2.20. The second-order valence-electron chi connectivity index (χ2n) is 3.73. The molecule has 0 spiro atoms. The second-order valence-corrected chi connectivity index (χ2v) is 3.73. The molecule has 1 fully saturated rings. The second kappa shape index (κ2) is 5.11. The molecule has 0 heterocycles. The number of carbonyl (C=O) groups excluding carboxylic acids is 1. The molecule has 2 N–H and O–H groups in total. The number of carbonyl (C=O) groups is 2. The summed E-state index contributed by atoms with van der Waals surface area (Å²) >= 11 is 0. The van der Waals surface area contributed by atoms with Crippen molar-refractivity contribution in [1.29, 1.82) is 0 Å². The van der Waals surface area contributed by atoms with Crippen molar-refractivity contribution in [2.24, 2.45) is 11.8 Å². The minimum atomic E-state index is -1.22. The van der Waals surface area contributed by atoms with Crippen LogP contribution in [0.4, 0.5) is 0 Å². The average molecular weight is 216 g/mol. The molecule has 15 heavy (non-hydrogen) atoms. The molecule has 1 saturated carbocycles. The van der Waals surface area contributed by atoms with Crippen LogP contribution in [0.2, 0.25) is 0 Å². The van der Waals surface area contributed by atoms with E-state index in [1.807, 2.05) is 0 Å². The lowest BCUT2D eigenvalue weighted by Crippen LogP contribution is -2.36. The fourth-order valence-electron chi connectivity index (χ4n) is 2.05. The van der Waals surface area contributed by atoms with E-state index in [9.17, 15) is 14.7 Å². The maximum absolute atomic E-state index is 11.4. The molecule has 3 unspecified atom stereocenters. The lowest BCUT2D eigenvalue weighted by molar-refractivity contribution is -0.162. The van der Waals surface area contributed by atoms with Gasteiger partial charge in [0.2, 0.25) is 0 Å². The molecule has 1 aliphatic rings. The molecule has 5 heteroatoms. The van der Waals surface area contributed by atoms with Crippen LogP contribution in [0.15, 0.2) is 0 Å². The van der Waals surface area contributed by atoms with E-state index in [0.717, 1.165) is 6.42 Å². The van der Waals surface area contributed by atoms with Crippen LogP contribution in [0.1, 0.15) is 26.2 Å². The fourth-order valence-corrected chi connectivity index (χ4v) is 2.05. The van der Waals surface area contributed by atoms with E-state index in [-0.39, 0.29) is 6.61 Å². The van der Waals surface area contributed by atoms with Gasteiger partial charge in [0.05, 0.1) is 12.7 Å². The first-order valence-corrected chi connectivity index (χ1v) is 5.15. The van der Waals surface area contributed by atoms with Crippen molar-refractivity contribution in [3.8, 4) is 0 Å². The summed E-state index contributed by atoms with van der Waals surface area (Å²) in [5.41, 5.74) is 0. The van der Waals surface area contributed by atoms with Gasteiger partial charge in [-0.3, -0.25) is 9.59 Å².